The molecule has 0 unspecified atom stereocenters. The molecule has 3 aromatic carbocycles. The van der Waals surface area contributed by atoms with Crippen LogP contribution in [0.5, 0.6) is 0 Å². The Kier molecular flexibility index (Phi) is 4.91. The highest BCUT2D eigenvalue weighted by Gasteiger charge is 2.29. The zero-order valence-corrected chi connectivity index (χ0v) is 18.9. The van der Waals surface area contributed by atoms with E-state index in [0.29, 0.717) is 5.71 Å². The lowest BCUT2D eigenvalue weighted by Gasteiger charge is -2.19. The second-order valence-corrected chi connectivity index (χ2v) is 8.77. The molecule has 0 fully saturated rings. The van der Waals surface area contributed by atoms with Crippen molar-refractivity contribution in [3.05, 3.63) is 106 Å². The predicted octanol–water partition coefficient (Wildman–Crippen LogP) is 6.44. The highest BCUT2D eigenvalue weighted by atomic mass is 79.9. The molecule has 2 heterocycles. The Balaban J connectivity index is 1.83. The molecule has 0 amide bonds. The van der Waals surface area contributed by atoms with E-state index in [0.717, 1.165) is 43.0 Å². The first kappa shape index (κ1) is 19.6. The number of aromatic nitrogens is 2. The van der Waals surface area contributed by atoms with Crippen molar-refractivity contribution in [2.75, 3.05) is 0 Å². The number of oxime groups is 1. The Labute approximate surface area is 189 Å². The van der Waals surface area contributed by atoms with Gasteiger partial charge in [0.1, 0.15) is 0 Å². The largest absolute Gasteiger partial charge is 0.411 e. The summed E-state index contributed by atoms with van der Waals surface area (Å²) in [7, 11) is 4.11. The van der Waals surface area contributed by atoms with Crippen molar-refractivity contribution in [3.8, 4) is 0 Å². The molecule has 5 rings (SSSR count). The molecule has 0 saturated heterocycles. The van der Waals surface area contributed by atoms with E-state index >= 15 is 0 Å². The number of benzene rings is 3. The van der Waals surface area contributed by atoms with Gasteiger partial charge < -0.3 is 14.3 Å². The van der Waals surface area contributed by atoms with Crippen LogP contribution in [0.25, 0.3) is 21.8 Å². The lowest BCUT2D eigenvalue weighted by Crippen LogP contribution is -2.15. The number of para-hydroxylation sites is 2. The van der Waals surface area contributed by atoms with Gasteiger partial charge in [0.05, 0.1) is 11.6 Å². The Hall–Kier alpha value is -3.31. The fraction of sp³-hybridized carbons (Fsp3) is 0.115. The third-order valence-corrected chi connectivity index (χ3v) is 6.53. The zero-order valence-electron chi connectivity index (χ0n) is 17.3. The molecule has 0 radical (unpaired) electrons. The molecule has 0 bridgehead atoms. The third kappa shape index (κ3) is 3.26. The van der Waals surface area contributed by atoms with Gasteiger partial charge in [0.15, 0.2) is 0 Å². The molecule has 0 aliphatic carbocycles. The summed E-state index contributed by atoms with van der Waals surface area (Å²) >= 11 is 3.51. The molecule has 0 aliphatic heterocycles. The number of halogens is 1. The van der Waals surface area contributed by atoms with Crippen LogP contribution >= 0.6 is 15.9 Å². The van der Waals surface area contributed by atoms with Crippen molar-refractivity contribution in [2.24, 2.45) is 19.3 Å². The van der Waals surface area contributed by atoms with E-state index in [1.54, 1.807) is 0 Å². The van der Waals surface area contributed by atoms with Crippen molar-refractivity contribution < 1.29 is 5.21 Å². The first-order chi connectivity index (χ1) is 15.1. The number of nitrogens with zero attached hydrogens (tertiary/aromatic N) is 3. The SMILES string of the molecule is Cn1cc(C(/C(=N\O)c2ccc(Br)cc2)c2cn(C)c3ccccc23)c2ccccc21. The first-order valence-corrected chi connectivity index (χ1v) is 10.9. The van der Waals surface area contributed by atoms with E-state index in [1.165, 1.54) is 0 Å². The van der Waals surface area contributed by atoms with Crippen LogP contribution in [0.15, 0.2) is 94.8 Å². The average molecular weight is 472 g/mol. The monoisotopic (exact) mass is 471 g/mol. The Morgan fingerprint density at radius 1 is 0.774 bits per heavy atom. The second kappa shape index (κ2) is 7.75. The van der Waals surface area contributed by atoms with E-state index < -0.39 is 0 Å². The Morgan fingerprint density at radius 3 is 1.74 bits per heavy atom. The maximum Gasteiger partial charge on any atom is 0.0988 e. The van der Waals surface area contributed by atoms with Gasteiger partial charge in [-0.2, -0.15) is 0 Å². The first-order valence-electron chi connectivity index (χ1n) is 10.1. The van der Waals surface area contributed by atoms with Crippen LogP contribution < -0.4 is 0 Å². The maximum absolute atomic E-state index is 10.3. The summed E-state index contributed by atoms with van der Waals surface area (Å²) in [4.78, 5) is 0. The van der Waals surface area contributed by atoms with Gasteiger partial charge in [0.2, 0.25) is 0 Å². The zero-order chi connectivity index (χ0) is 21.5. The van der Waals surface area contributed by atoms with Crippen LogP contribution in [0.2, 0.25) is 0 Å². The second-order valence-electron chi connectivity index (χ2n) is 7.85. The van der Waals surface area contributed by atoms with Crippen LogP contribution in [0.4, 0.5) is 0 Å². The summed E-state index contributed by atoms with van der Waals surface area (Å²) in [6, 6.07) is 24.7. The van der Waals surface area contributed by atoms with Crippen LogP contribution in [-0.2, 0) is 14.1 Å². The Bertz CT molecular complexity index is 1350. The third-order valence-electron chi connectivity index (χ3n) is 6.00. The standard InChI is InChI=1S/C26H22BrN3O/c1-29-15-21(19-7-3-5-9-23(19)29)25(26(28-31)17-11-13-18(27)14-12-17)22-16-30(2)24-10-6-4-8-20(22)24/h3-16,25,31H,1-2H3/b28-26-. The van der Waals surface area contributed by atoms with E-state index in [9.17, 15) is 5.21 Å². The van der Waals surface area contributed by atoms with Gasteiger partial charge in [-0.3, -0.25) is 0 Å². The summed E-state index contributed by atoms with van der Waals surface area (Å²) in [5, 5.41) is 16.4. The van der Waals surface area contributed by atoms with Gasteiger partial charge in [0, 0.05) is 58.3 Å². The van der Waals surface area contributed by atoms with Gasteiger partial charge in [-0.1, -0.05) is 69.6 Å². The highest BCUT2D eigenvalue weighted by molar-refractivity contribution is 9.10. The molecule has 0 spiro atoms. The van der Waals surface area contributed by atoms with Crippen molar-refractivity contribution in [1.29, 1.82) is 0 Å². The molecular weight excluding hydrogens is 450 g/mol. The van der Waals surface area contributed by atoms with Gasteiger partial charge in [-0.25, -0.2) is 0 Å². The summed E-state index contributed by atoms with van der Waals surface area (Å²) < 4.78 is 5.26. The predicted molar refractivity (Wildman–Crippen MR) is 130 cm³/mol. The Morgan fingerprint density at radius 2 is 1.26 bits per heavy atom. The normalized spacial score (nSPS) is 12.3. The van der Waals surface area contributed by atoms with Crippen molar-refractivity contribution in [3.63, 3.8) is 0 Å². The minimum absolute atomic E-state index is 0.233. The fourth-order valence-corrected chi connectivity index (χ4v) is 4.84. The molecule has 154 valence electrons. The minimum Gasteiger partial charge on any atom is -0.411 e. The van der Waals surface area contributed by atoms with Gasteiger partial charge >= 0.3 is 0 Å². The lowest BCUT2D eigenvalue weighted by atomic mass is 9.84. The summed E-state index contributed by atoms with van der Waals surface area (Å²) in [6.45, 7) is 0. The molecule has 31 heavy (non-hydrogen) atoms. The number of aryl methyl sites for hydroxylation is 2. The number of rotatable bonds is 4. The molecular formula is C26H22BrN3O. The van der Waals surface area contributed by atoms with Crippen LogP contribution in [0.3, 0.4) is 0 Å². The average Bonchev–Trinajstić information content (AvgIpc) is 3.30. The van der Waals surface area contributed by atoms with Crippen molar-refractivity contribution in [2.45, 2.75) is 5.92 Å². The fourth-order valence-electron chi connectivity index (χ4n) is 4.57. The number of hydrogen-bond acceptors (Lipinski definition) is 2. The molecule has 2 aromatic heterocycles. The summed E-state index contributed by atoms with van der Waals surface area (Å²) in [6.07, 6.45) is 4.31. The summed E-state index contributed by atoms with van der Waals surface area (Å²) in [5.41, 5.74) is 6.04. The van der Waals surface area contributed by atoms with Gasteiger partial charge in [0.25, 0.3) is 0 Å². The van der Waals surface area contributed by atoms with Crippen LogP contribution in [0, 0.1) is 0 Å². The molecule has 0 atom stereocenters. The highest BCUT2D eigenvalue weighted by Crippen LogP contribution is 2.39. The van der Waals surface area contributed by atoms with E-state index in [1.807, 2.05) is 24.3 Å². The molecule has 5 aromatic rings. The number of fused-ring (bicyclic) bond motifs is 2. The van der Waals surface area contributed by atoms with Crippen LogP contribution in [-0.4, -0.2) is 20.1 Å². The van der Waals surface area contributed by atoms with Gasteiger partial charge in [-0.05, 0) is 35.4 Å². The van der Waals surface area contributed by atoms with Crippen molar-refractivity contribution >= 4 is 43.4 Å². The van der Waals surface area contributed by atoms with Crippen LogP contribution in [0.1, 0.15) is 22.6 Å². The van der Waals surface area contributed by atoms with Gasteiger partial charge in [-0.15, -0.1) is 0 Å². The number of hydrogen-bond donors (Lipinski definition) is 1. The van der Waals surface area contributed by atoms with Crippen molar-refractivity contribution in [1.82, 2.24) is 9.13 Å². The smallest absolute Gasteiger partial charge is 0.0988 e. The maximum atomic E-state index is 10.3. The molecule has 5 heteroatoms. The summed E-state index contributed by atoms with van der Waals surface area (Å²) in [5.74, 6) is -0.233. The molecule has 0 saturated carbocycles. The minimum atomic E-state index is -0.233. The lowest BCUT2D eigenvalue weighted by molar-refractivity contribution is 0.317. The molecule has 1 N–H and O–H groups in total. The van der Waals surface area contributed by atoms with E-state index in [4.69, 9.17) is 0 Å². The van der Waals surface area contributed by atoms with E-state index in [-0.39, 0.29) is 5.92 Å². The molecule has 0 aliphatic rings. The van der Waals surface area contributed by atoms with E-state index in [2.05, 4.69) is 105 Å². The topological polar surface area (TPSA) is 42.4 Å². The molecule has 4 nitrogen and oxygen atoms in total. The quantitative estimate of drug-likeness (QED) is 0.183.